The number of nitrogens with one attached hydrogen (secondary N) is 1. The first-order valence-electron chi connectivity index (χ1n) is 11.8. The summed E-state index contributed by atoms with van der Waals surface area (Å²) in [5.74, 6) is -1.16. The molecule has 7 nitrogen and oxygen atoms in total. The molecule has 0 fully saturated rings. The maximum atomic E-state index is 13.7. The second-order valence-corrected chi connectivity index (χ2v) is 8.34. The van der Waals surface area contributed by atoms with Crippen molar-refractivity contribution in [1.82, 2.24) is 14.9 Å². The zero-order chi connectivity index (χ0) is 26.6. The molecule has 4 aromatic rings. The second kappa shape index (κ2) is 10.7. The highest BCUT2D eigenvalue weighted by Gasteiger charge is 2.39. The molecule has 4 rings (SSSR count). The summed E-state index contributed by atoms with van der Waals surface area (Å²) in [7, 11) is 0. The van der Waals surface area contributed by atoms with Crippen molar-refractivity contribution in [3.63, 3.8) is 0 Å². The monoisotopic (exact) mass is 503 g/mol. The van der Waals surface area contributed by atoms with E-state index in [1.54, 1.807) is 29.0 Å². The minimum atomic E-state index is -1.83. The Morgan fingerprint density at radius 3 is 2.19 bits per heavy atom. The molecule has 3 aromatic carbocycles. The van der Waals surface area contributed by atoms with Crippen molar-refractivity contribution in [3.05, 3.63) is 113 Å². The van der Waals surface area contributed by atoms with Crippen molar-refractivity contribution in [2.75, 3.05) is 6.54 Å². The van der Waals surface area contributed by atoms with Gasteiger partial charge in [-0.1, -0.05) is 24.3 Å². The van der Waals surface area contributed by atoms with Crippen LogP contribution in [0.15, 0.2) is 84.0 Å². The Kier molecular flexibility index (Phi) is 7.45. The van der Waals surface area contributed by atoms with Gasteiger partial charge in [-0.15, -0.1) is 0 Å². The molecular formula is C28H27F2N5O2. The summed E-state index contributed by atoms with van der Waals surface area (Å²) < 4.78 is 29.2. The standard InChI is InChI=1S/C28H27F2N5O2/c1-3-32-16-15-25(31)34-26(36)18-5-14-23-24(17-18)35(4-2)27(33-23)28(37,19-6-10-21(29)11-7-19)20-8-12-22(30)13-9-20/h5-17,32,37H,3-4H2,1-2H3,(H2,31,34,36)/b16-15-. The van der Waals surface area contributed by atoms with Gasteiger partial charge < -0.3 is 20.7 Å². The number of nitrogens with two attached hydrogens (primary N) is 1. The molecule has 0 saturated heterocycles. The van der Waals surface area contributed by atoms with Gasteiger partial charge in [-0.05, 0) is 73.5 Å². The fourth-order valence-corrected chi connectivity index (χ4v) is 4.14. The number of halogens is 2. The van der Waals surface area contributed by atoms with Crippen molar-refractivity contribution in [1.29, 1.82) is 0 Å². The number of fused-ring (bicyclic) bond motifs is 1. The van der Waals surface area contributed by atoms with E-state index >= 15 is 0 Å². The van der Waals surface area contributed by atoms with Crippen LogP contribution in [0.4, 0.5) is 8.78 Å². The average molecular weight is 504 g/mol. The average Bonchev–Trinajstić information content (AvgIpc) is 3.27. The second-order valence-electron chi connectivity index (χ2n) is 8.34. The maximum absolute atomic E-state index is 13.7. The van der Waals surface area contributed by atoms with Crippen LogP contribution < -0.4 is 11.1 Å². The molecule has 0 aliphatic heterocycles. The third-order valence-corrected chi connectivity index (χ3v) is 5.97. The van der Waals surface area contributed by atoms with E-state index in [1.807, 2.05) is 13.8 Å². The van der Waals surface area contributed by atoms with E-state index in [0.29, 0.717) is 40.8 Å². The topological polar surface area (TPSA) is 106 Å². The number of imidazole rings is 1. The van der Waals surface area contributed by atoms with Gasteiger partial charge in [0.2, 0.25) is 0 Å². The van der Waals surface area contributed by atoms with E-state index < -0.39 is 23.1 Å². The molecule has 1 amide bonds. The zero-order valence-electron chi connectivity index (χ0n) is 20.5. The number of hydrogen-bond acceptors (Lipinski definition) is 4. The predicted molar refractivity (Wildman–Crippen MR) is 139 cm³/mol. The highest BCUT2D eigenvalue weighted by molar-refractivity contribution is 6.07. The third kappa shape index (κ3) is 5.12. The minimum absolute atomic E-state index is 0.0535. The summed E-state index contributed by atoms with van der Waals surface area (Å²) in [5.41, 5.74) is 6.11. The molecule has 0 unspecified atom stereocenters. The quantitative estimate of drug-likeness (QED) is 0.246. The van der Waals surface area contributed by atoms with E-state index in [0.717, 1.165) is 0 Å². The third-order valence-electron chi connectivity index (χ3n) is 5.97. The summed E-state index contributed by atoms with van der Waals surface area (Å²) >= 11 is 0. The van der Waals surface area contributed by atoms with Gasteiger partial charge in [0, 0.05) is 24.9 Å². The molecule has 9 heteroatoms. The highest BCUT2D eigenvalue weighted by Crippen LogP contribution is 2.38. The van der Waals surface area contributed by atoms with Crippen LogP contribution in [0, 0.1) is 11.6 Å². The first kappa shape index (κ1) is 25.7. The molecule has 0 bridgehead atoms. The Hall–Kier alpha value is -4.37. The Bertz CT molecular complexity index is 1430. The van der Waals surface area contributed by atoms with Gasteiger partial charge in [0.15, 0.2) is 11.4 Å². The number of rotatable bonds is 8. The van der Waals surface area contributed by atoms with Crippen LogP contribution in [-0.4, -0.2) is 32.9 Å². The zero-order valence-corrected chi connectivity index (χ0v) is 20.5. The summed E-state index contributed by atoms with van der Waals surface area (Å²) in [5, 5.41) is 15.1. The lowest BCUT2D eigenvalue weighted by Gasteiger charge is -2.29. The first-order chi connectivity index (χ1) is 17.8. The van der Waals surface area contributed by atoms with Crippen molar-refractivity contribution >= 4 is 22.8 Å². The fourth-order valence-electron chi connectivity index (χ4n) is 4.14. The molecule has 4 N–H and O–H groups in total. The van der Waals surface area contributed by atoms with Crippen molar-refractivity contribution in [2.45, 2.75) is 26.0 Å². The molecule has 1 heterocycles. The van der Waals surface area contributed by atoms with Crippen LogP contribution in [-0.2, 0) is 12.1 Å². The molecule has 0 aliphatic rings. The molecular weight excluding hydrogens is 476 g/mol. The number of amides is 1. The number of aliphatic imine (C=N–C) groups is 1. The molecule has 0 atom stereocenters. The van der Waals surface area contributed by atoms with E-state index in [2.05, 4.69) is 10.3 Å². The Morgan fingerprint density at radius 1 is 1.05 bits per heavy atom. The predicted octanol–water partition coefficient (Wildman–Crippen LogP) is 4.24. The van der Waals surface area contributed by atoms with Crippen molar-refractivity contribution in [2.24, 2.45) is 10.7 Å². The van der Waals surface area contributed by atoms with Gasteiger partial charge in [0.25, 0.3) is 5.91 Å². The number of carbonyl (C=O) groups is 1. The Morgan fingerprint density at radius 2 is 1.65 bits per heavy atom. The maximum Gasteiger partial charge on any atom is 0.279 e. The fraction of sp³-hybridized carbons (Fsp3) is 0.179. The number of aromatic nitrogens is 2. The normalized spacial score (nSPS) is 12.4. The van der Waals surface area contributed by atoms with Crippen LogP contribution in [0.2, 0.25) is 0 Å². The van der Waals surface area contributed by atoms with Crippen LogP contribution in [0.1, 0.15) is 41.2 Å². The lowest BCUT2D eigenvalue weighted by molar-refractivity contribution is 0.100. The SMILES string of the molecule is CCN/C=C\C(N)=NC(=O)c1ccc2nc(C(O)(c3ccc(F)cc3)c3ccc(F)cc3)n(CC)c2c1. The molecule has 37 heavy (non-hydrogen) atoms. The first-order valence-corrected chi connectivity index (χ1v) is 11.8. The Labute approximate surface area is 213 Å². The van der Waals surface area contributed by atoms with E-state index in [1.165, 1.54) is 54.6 Å². The molecule has 0 radical (unpaired) electrons. The van der Waals surface area contributed by atoms with Crippen LogP contribution in [0.5, 0.6) is 0 Å². The van der Waals surface area contributed by atoms with E-state index in [-0.39, 0.29) is 11.7 Å². The molecule has 190 valence electrons. The number of hydrogen-bond donors (Lipinski definition) is 3. The van der Waals surface area contributed by atoms with Gasteiger partial charge in [-0.25, -0.2) is 13.8 Å². The molecule has 0 spiro atoms. The number of aryl methyl sites for hydroxylation is 1. The number of nitrogens with zero attached hydrogens (tertiary/aromatic N) is 3. The van der Waals surface area contributed by atoms with Gasteiger partial charge in [0.05, 0.1) is 11.0 Å². The van der Waals surface area contributed by atoms with Crippen molar-refractivity contribution in [3.8, 4) is 0 Å². The largest absolute Gasteiger partial charge is 0.391 e. The van der Waals surface area contributed by atoms with Crippen LogP contribution in [0.25, 0.3) is 11.0 Å². The molecule has 0 aliphatic carbocycles. The lowest BCUT2D eigenvalue weighted by atomic mass is 9.85. The number of amidine groups is 1. The van der Waals surface area contributed by atoms with Gasteiger partial charge in [0.1, 0.15) is 17.5 Å². The number of benzene rings is 3. The van der Waals surface area contributed by atoms with Gasteiger partial charge in [-0.3, -0.25) is 4.79 Å². The minimum Gasteiger partial charge on any atom is -0.391 e. The lowest BCUT2D eigenvalue weighted by Crippen LogP contribution is -2.32. The number of carbonyl (C=O) groups excluding carboxylic acids is 1. The Balaban J connectivity index is 1.86. The van der Waals surface area contributed by atoms with Crippen LogP contribution >= 0.6 is 0 Å². The summed E-state index contributed by atoms with van der Waals surface area (Å²) in [6.07, 6.45) is 3.11. The van der Waals surface area contributed by atoms with E-state index in [4.69, 9.17) is 10.7 Å². The molecule has 0 saturated carbocycles. The summed E-state index contributed by atoms with van der Waals surface area (Å²) in [6, 6.07) is 15.7. The van der Waals surface area contributed by atoms with Gasteiger partial charge in [-0.2, -0.15) is 4.99 Å². The number of aliphatic hydroxyl groups is 1. The van der Waals surface area contributed by atoms with Gasteiger partial charge >= 0.3 is 0 Å². The van der Waals surface area contributed by atoms with Crippen LogP contribution in [0.3, 0.4) is 0 Å². The summed E-state index contributed by atoms with van der Waals surface area (Å²) in [6.45, 7) is 4.90. The summed E-state index contributed by atoms with van der Waals surface area (Å²) in [4.78, 5) is 21.4. The smallest absolute Gasteiger partial charge is 0.279 e. The van der Waals surface area contributed by atoms with Crippen molar-refractivity contribution < 1.29 is 18.7 Å². The van der Waals surface area contributed by atoms with E-state index in [9.17, 15) is 18.7 Å². The molecule has 1 aromatic heterocycles. The highest BCUT2D eigenvalue weighted by atomic mass is 19.1.